The van der Waals surface area contributed by atoms with Crippen molar-refractivity contribution in [3.8, 4) is 0 Å². The molecule has 4 N–H and O–H groups in total. The van der Waals surface area contributed by atoms with Gasteiger partial charge in [-0.15, -0.1) is 18.5 Å². The molecule has 1 amide bonds. The Balaban J connectivity index is -0.0000000495. The summed E-state index contributed by atoms with van der Waals surface area (Å²) in [7, 11) is 7.98. The lowest BCUT2D eigenvalue weighted by molar-refractivity contribution is -0.137. The highest BCUT2D eigenvalue weighted by atomic mass is 31.0. The van der Waals surface area contributed by atoms with E-state index in [1.54, 1.807) is 7.05 Å². The van der Waals surface area contributed by atoms with Crippen molar-refractivity contribution in [3.05, 3.63) is 0 Å². The lowest BCUT2D eigenvalue weighted by Gasteiger charge is -1.91. The second-order valence-corrected chi connectivity index (χ2v) is 2.57. The van der Waals surface area contributed by atoms with Crippen LogP contribution in [0.25, 0.3) is 0 Å². The molecule has 19 heavy (non-hydrogen) atoms. The molecule has 0 rings (SSSR count). The summed E-state index contributed by atoms with van der Waals surface area (Å²) in [6, 6.07) is 0. The number of carbonyl (C=O) groups excluding carboxylic acids is 1. The quantitative estimate of drug-likeness (QED) is 0.691. The van der Waals surface area contributed by atoms with Gasteiger partial charge in [-0.2, -0.15) is 0 Å². The second kappa shape index (κ2) is 43.1. The molecule has 0 heterocycles. The summed E-state index contributed by atoms with van der Waals surface area (Å²) in [4.78, 5) is 19.9. The van der Waals surface area contributed by atoms with Crippen LogP contribution in [-0.4, -0.2) is 44.4 Å². The smallest absolute Gasteiger partial charge is 0.303 e. The first-order valence-corrected chi connectivity index (χ1v) is 8.54. The average Bonchev–Trinajstić information content (AvgIpc) is 2.46. The Morgan fingerprint density at radius 3 is 1.37 bits per heavy atom. The first-order chi connectivity index (χ1) is 9.08. The summed E-state index contributed by atoms with van der Waals surface area (Å²) in [6.07, 6.45) is 2.60. The molecule has 0 saturated heterocycles. The van der Waals surface area contributed by atoms with Gasteiger partial charge in [0.05, 0.1) is 0 Å². The summed E-state index contributed by atoms with van der Waals surface area (Å²) in [5.41, 5.74) is 4.50. The Bertz CT molecular complexity index is 160. The summed E-state index contributed by atoms with van der Waals surface area (Å²) in [5, 5.41) is 10.4. The highest BCUT2D eigenvalue weighted by Crippen LogP contribution is 1.82. The van der Waals surface area contributed by atoms with E-state index in [4.69, 9.17) is 5.11 Å². The van der Waals surface area contributed by atoms with Gasteiger partial charge in [-0.3, -0.25) is 9.59 Å². The largest absolute Gasteiger partial charge is 0.481 e. The van der Waals surface area contributed by atoms with Crippen molar-refractivity contribution in [2.75, 3.05) is 27.4 Å². The standard InChI is InChI=1S/C5H11NO.C4H8O2.CH5N.2CH5P/c1-3-4-5(7)6-2;1-2-3-4(5)6;3*1-2/h3-4H2,1-2H3,(H,6,7);2-3H2,1H3,(H,5,6);3*2H2,1H3. The van der Waals surface area contributed by atoms with Crippen molar-refractivity contribution in [2.45, 2.75) is 39.5 Å². The third-order valence-corrected chi connectivity index (χ3v) is 1.22. The molecular weight excluding hydrogens is 282 g/mol. The molecule has 0 spiro atoms. The molecule has 0 aromatic rings. The number of rotatable bonds is 4. The fourth-order valence-corrected chi connectivity index (χ4v) is 0.566. The maximum atomic E-state index is 10.3. The van der Waals surface area contributed by atoms with Crippen LogP contribution in [0.3, 0.4) is 0 Å². The van der Waals surface area contributed by atoms with E-state index < -0.39 is 5.97 Å². The molecule has 2 atom stereocenters. The third-order valence-electron chi connectivity index (χ3n) is 1.22. The molecule has 0 aromatic heterocycles. The molecule has 0 bridgehead atoms. The Morgan fingerprint density at radius 1 is 1.00 bits per heavy atom. The molecular formula is C12H34N2O3P2. The van der Waals surface area contributed by atoms with Crippen LogP contribution in [0.15, 0.2) is 0 Å². The van der Waals surface area contributed by atoms with Gasteiger partial charge in [0.1, 0.15) is 0 Å². The van der Waals surface area contributed by atoms with E-state index in [0.29, 0.717) is 12.8 Å². The number of aliphatic carboxylic acids is 1. The van der Waals surface area contributed by atoms with Gasteiger partial charge in [0, 0.05) is 19.9 Å². The number of carbonyl (C=O) groups is 2. The Labute approximate surface area is 123 Å². The van der Waals surface area contributed by atoms with Crippen molar-refractivity contribution in [2.24, 2.45) is 5.73 Å². The van der Waals surface area contributed by atoms with Gasteiger partial charge >= 0.3 is 5.97 Å². The van der Waals surface area contributed by atoms with Crippen LogP contribution < -0.4 is 11.1 Å². The van der Waals surface area contributed by atoms with E-state index in [0.717, 1.165) is 12.8 Å². The van der Waals surface area contributed by atoms with Gasteiger partial charge in [-0.1, -0.05) is 27.2 Å². The number of hydrogen-bond donors (Lipinski definition) is 3. The van der Waals surface area contributed by atoms with Crippen molar-refractivity contribution >= 4 is 30.4 Å². The van der Waals surface area contributed by atoms with Crippen molar-refractivity contribution in [1.29, 1.82) is 0 Å². The number of nitrogens with two attached hydrogens (primary N) is 1. The van der Waals surface area contributed by atoms with E-state index in [1.807, 2.05) is 27.2 Å². The molecule has 0 aliphatic rings. The number of amides is 1. The average molecular weight is 316 g/mol. The number of hydrogen-bond acceptors (Lipinski definition) is 3. The van der Waals surface area contributed by atoms with E-state index in [1.165, 1.54) is 7.05 Å². The van der Waals surface area contributed by atoms with Crippen LogP contribution in [0.1, 0.15) is 39.5 Å². The molecule has 120 valence electrons. The third kappa shape index (κ3) is 73.3. The zero-order chi connectivity index (χ0) is 16.7. The SMILES string of the molecule is CCCC(=O)NC.CCCC(=O)O.CN.CP.CP. The number of nitrogens with one attached hydrogen (secondary N) is 1. The highest BCUT2D eigenvalue weighted by molar-refractivity contribution is 7.15. The fraction of sp³-hybridized carbons (Fsp3) is 0.833. The van der Waals surface area contributed by atoms with Gasteiger partial charge in [-0.05, 0) is 19.9 Å². The van der Waals surface area contributed by atoms with Crippen LogP contribution in [0.4, 0.5) is 0 Å². The second-order valence-electron chi connectivity index (χ2n) is 2.57. The van der Waals surface area contributed by atoms with Crippen molar-refractivity contribution in [1.82, 2.24) is 5.32 Å². The van der Waals surface area contributed by atoms with Crippen molar-refractivity contribution in [3.63, 3.8) is 0 Å². The maximum Gasteiger partial charge on any atom is 0.303 e. The lowest BCUT2D eigenvalue weighted by Crippen LogP contribution is -2.16. The minimum absolute atomic E-state index is 0.127. The van der Waals surface area contributed by atoms with Gasteiger partial charge in [0.2, 0.25) is 5.91 Å². The van der Waals surface area contributed by atoms with Crippen LogP contribution in [0, 0.1) is 0 Å². The van der Waals surface area contributed by atoms with Crippen LogP contribution in [-0.2, 0) is 9.59 Å². The minimum Gasteiger partial charge on any atom is -0.481 e. The summed E-state index contributed by atoms with van der Waals surface area (Å²) >= 11 is 0. The molecule has 0 fully saturated rings. The first-order valence-electron chi connectivity index (χ1n) is 6.24. The topological polar surface area (TPSA) is 92.4 Å². The van der Waals surface area contributed by atoms with Crippen LogP contribution >= 0.6 is 18.5 Å². The Kier molecular flexibility index (Phi) is 70.9. The molecule has 0 saturated carbocycles. The minimum atomic E-state index is -0.711. The molecule has 0 aliphatic heterocycles. The zero-order valence-electron chi connectivity index (χ0n) is 13.3. The Hall–Kier alpha value is -0.240. The molecule has 0 aliphatic carbocycles. The molecule has 0 aromatic carbocycles. The molecule has 5 nitrogen and oxygen atoms in total. The van der Waals surface area contributed by atoms with E-state index in [2.05, 4.69) is 29.5 Å². The van der Waals surface area contributed by atoms with E-state index >= 15 is 0 Å². The number of carboxylic acid groups (broad SMARTS) is 1. The van der Waals surface area contributed by atoms with Crippen LogP contribution in [0.2, 0.25) is 0 Å². The van der Waals surface area contributed by atoms with Crippen molar-refractivity contribution < 1.29 is 14.7 Å². The Morgan fingerprint density at radius 2 is 1.32 bits per heavy atom. The molecule has 7 heteroatoms. The molecule has 0 radical (unpaired) electrons. The highest BCUT2D eigenvalue weighted by Gasteiger charge is 1.89. The first kappa shape index (κ1) is 31.3. The van der Waals surface area contributed by atoms with E-state index in [-0.39, 0.29) is 5.91 Å². The monoisotopic (exact) mass is 316 g/mol. The fourth-order valence-electron chi connectivity index (χ4n) is 0.566. The number of carboxylic acids is 1. The van der Waals surface area contributed by atoms with Gasteiger partial charge < -0.3 is 16.2 Å². The summed E-state index contributed by atoms with van der Waals surface area (Å²) in [6.45, 7) is 7.66. The summed E-state index contributed by atoms with van der Waals surface area (Å²) in [5.74, 6) is -0.583. The van der Waals surface area contributed by atoms with Gasteiger partial charge in [0.25, 0.3) is 0 Å². The summed E-state index contributed by atoms with van der Waals surface area (Å²) < 4.78 is 0. The van der Waals surface area contributed by atoms with E-state index in [9.17, 15) is 9.59 Å². The lowest BCUT2D eigenvalue weighted by atomic mass is 10.3. The van der Waals surface area contributed by atoms with Gasteiger partial charge in [0.15, 0.2) is 0 Å². The predicted octanol–water partition coefficient (Wildman–Crippen LogP) is 1.96. The van der Waals surface area contributed by atoms with Crippen LogP contribution in [0.5, 0.6) is 0 Å². The maximum absolute atomic E-state index is 10.3. The predicted molar refractivity (Wildman–Crippen MR) is 92.9 cm³/mol. The zero-order valence-corrected chi connectivity index (χ0v) is 15.6. The normalized spacial score (nSPS) is 6.58. The molecule has 2 unspecified atom stereocenters. The van der Waals surface area contributed by atoms with Gasteiger partial charge in [-0.25, -0.2) is 0 Å².